The van der Waals surface area contributed by atoms with Crippen LogP contribution in [0.5, 0.6) is 0 Å². The molecule has 0 radical (unpaired) electrons. The molecule has 1 aromatic rings. The van der Waals surface area contributed by atoms with Crippen molar-refractivity contribution in [2.45, 2.75) is 72.1 Å². The summed E-state index contributed by atoms with van der Waals surface area (Å²) in [5, 5.41) is 0. The molecule has 1 aliphatic carbocycles. The lowest BCUT2D eigenvalue weighted by Crippen LogP contribution is -2.22. The average molecular weight is 261 g/mol. The summed E-state index contributed by atoms with van der Waals surface area (Å²) in [4.78, 5) is 9.33. The van der Waals surface area contributed by atoms with E-state index in [4.69, 9.17) is 10.7 Å². The minimum absolute atomic E-state index is 0.388. The zero-order chi connectivity index (χ0) is 14.2. The summed E-state index contributed by atoms with van der Waals surface area (Å²) in [5.41, 5.74) is 8.78. The highest BCUT2D eigenvalue weighted by Gasteiger charge is 2.29. The first-order valence-electron chi connectivity index (χ1n) is 7.44. The van der Waals surface area contributed by atoms with Gasteiger partial charge < -0.3 is 5.73 Å². The third-order valence-corrected chi connectivity index (χ3v) is 4.46. The topological polar surface area (TPSA) is 51.8 Å². The van der Waals surface area contributed by atoms with E-state index < -0.39 is 0 Å². The van der Waals surface area contributed by atoms with Crippen LogP contribution in [0.3, 0.4) is 0 Å². The summed E-state index contributed by atoms with van der Waals surface area (Å²) in [6.45, 7) is 11.1. The van der Waals surface area contributed by atoms with Crippen molar-refractivity contribution in [1.29, 1.82) is 0 Å². The molecule has 1 aliphatic rings. The Hall–Kier alpha value is -1.12. The predicted molar refractivity (Wildman–Crippen MR) is 80.3 cm³/mol. The number of hydrogen-bond acceptors (Lipinski definition) is 3. The monoisotopic (exact) mass is 261 g/mol. The van der Waals surface area contributed by atoms with Crippen molar-refractivity contribution in [2.75, 3.05) is 5.73 Å². The molecule has 1 fully saturated rings. The Bertz CT molecular complexity index is 430. The Balaban J connectivity index is 2.23. The van der Waals surface area contributed by atoms with Crippen molar-refractivity contribution < 1.29 is 0 Å². The normalized spacial score (nSPS) is 19.9. The summed E-state index contributed by atoms with van der Waals surface area (Å²) in [5.74, 6) is 2.53. The number of nitrogens with two attached hydrogens (primary N) is 1. The zero-order valence-corrected chi connectivity index (χ0v) is 13.0. The minimum atomic E-state index is 0.388. The lowest BCUT2D eigenvalue weighted by molar-refractivity contribution is 0.220. The van der Waals surface area contributed by atoms with Crippen molar-refractivity contribution in [3.05, 3.63) is 17.1 Å². The first-order chi connectivity index (χ1) is 8.80. The fraction of sp³-hybridized carbons (Fsp3) is 0.750. The van der Waals surface area contributed by atoms with Gasteiger partial charge in [-0.3, -0.25) is 0 Å². The fourth-order valence-corrected chi connectivity index (χ4v) is 3.18. The highest BCUT2D eigenvalue weighted by Crippen LogP contribution is 2.41. The zero-order valence-electron chi connectivity index (χ0n) is 13.0. The number of hydrogen-bond donors (Lipinski definition) is 1. The van der Waals surface area contributed by atoms with E-state index in [1.807, 2.05) is 0 Å². The van der Waals surface area contributed by atoms with Crippen LogP contribution in [-0.2, 0) is 0 Å². The van der Waals surface area contributed by atoms with Crippen LogP contribution in [0.25, 0.3) is 0 Å². The van der Waals surface area contributed by atoms with Crippen LogP contribution in [0.4, 0.5) is 5.82 Å². The molecule has 19 heavy (non-hydrogen) atoms. The van der Waals surface area contributed by atoms with Crippen molar-refractivity contribution >= 4 is 5.82 Å². The molecule has 1 heterocycles. The van der Waals surface area contributed by atoms with E-state index in [0.29, 0.717) is 23.1 Å². The van der Waals surface area contributed by atoms with Gasteiger partial charge in [0.05, 0.1) is 0 Å². The maximum Gasteiger partial charge on any atom is 0.134 e. The van der Waals surface area contributed by atoms with E-state index >= 15 is 0 Å². The van der Waals surface area contributed by atoms with Crippen LogP contribution in [0.15, 0.2) is 0 Å². The highest BCUT2D eigenvalue weighted by atomic mass is 15.0. The third-order valence-electron chi connectivity index (χ3n) is 4.46. The predicted octanol–water partition coefficient (Wildman–Crippen LogP) is 4.17. The number of aromatic nitrogens is 2. The molecule has 3 heteroatoms. The highest BCUT2D eigenvalue weighted by molar-refractivity contribution is 5.44. The molecular weight excluding hydrogens is 234 g/mol. The van der Waals surface area contributed by atoms with E-state index in [9.17, 15) is 0 Å². The molecule has 106 valence electrons. The van der Waals surface area contributed by atoms with Crippen molar-refractivity contribution in [1.82, 2.24) is 9.97 Å². The Morgan fingerprint density at radius 2 is 1.74 bits per heavy atom. The van der Waals surface area contributed by atoms with Gasteiger partial charge in [-0.15, -0.1) is 0 Å². The van der Waals surface area contributed by atoms with E-state index in [1.165, 1.54) is 25.7 Å². The molecule has 1 aromatic heterocycles. The standard InChI is InChI=1S/C16H27N3/c1-10(2)13-11(3)18-15(19-14(13)17)12-6-8-16(4,5)9-7-12/h10,12H,6-9H2,1-5H3,(H2,17,18,19). The Kier molecular flexibility index (Phi) is 3.84. The minimum Gasteiger partial charge on any atom is -0.383 e. The van der Waals surface area contributed by atoms with Gasteiger partial charge in [-0.2, -0.15) is 0 Å². The molecule has 0 aliphatic heterocycles. The second-order valence-electron chi connectivity index (χ2n) is 7.06. The largest absolute Gasteiger partial charge is 0.383 e. The second kappa shape index (κ2) is 5.10. The van der Waals surface area contributed by atoms with Gasteiger partial charge in [-0.1, -0.05) is 27.7 Å². The van der Waals surface area contributed by atoms with Gasteiger partial charge >= 0.3 is 0 Å². The smallest absolute Gasteiger partial charge is 0.134 e. The second-order valence-corrected chi connectivity index (χ2v) is 7.06. The molecular formula is C16H27N3. The lowest BCUT2D eigenvalue weighted by Gasteiger charge is -2.33. The number of anilines is 1. The molecule has 2 rings (SSSR count). The molecule has 0 amide bonds. The van der Waals surface area contributed by atoms with E-state index in [-0.39, 0.29) is 0 Å². The van der Waals surface area contributed by atoms with Crippen molar-refractivity contribution in [3.8, 4) is 0 Å². The molecule has 0 aromatic carbocycles. The van der Waals surface area contributed by atoms with Gasteiger partial charge in [0.25, 0.3) is 0 Å². The SMILES string of the molecule is Cc1nc(C2CCC(C)(C)CC2)nc(N)c1C(C)C. The van der Waals surface area contributed by atoms with Crippen LogP contribution in [0.2, 0.25) is 0 Å². The number of aryl methyl sites for hydroxylation is 1. The molecule has 0 unspecified atom stereocenters. The maximum absolute atomic E-state index is 6.13. The summed E-state index contributed by atoms with van der Waals surface area (Å²) in [6.07, 6.45) is 4.89. The number of nitrogen functional groups attached to an aromatic ring is 1. The molecule has 3 nitrogen and oxygen atoms in total. The van der Waals surface area contributed by atoms with Gasteiger partial charge in [0.1, 0.15) is 11.6 Å². The van der Waals surface area contributed by atoms with E-state index in [1.54, 1.807) is 0 Å². The van der Waals surface area contributed by atoms with E-state index in [2.05, 4.69) is 39.6 Å². The Morgan fingerprint density at radius 1 is 1.16 bits per heavy atom. The molecule has 1 saturated carbocycles. The molecule has 0 saturated heterocycles. The van der Waals surface area contributed by atoms with Gasteiger partial charge in [-0.05, 0) is 43.9 Å². The fourth-order valence-electron chi connectivity index (χ4n) is 3.18. The molecule has 2 N–H and O–H groups in total. The Labute approximate surface area is 117 Å². The first-order valence-corrected chi connectivity index (χ1v) is 7.44. The van der Waals surface area contributed by atoms with Crippen LogP contribution in [0, 0.1) is 12.3 Å². The summed E-state index contributed by atoms with van der Waals surface area (Å²) < 4.78 is 0. The van der Waals surface area contributed by atoms with Crippen LogP contribution < -0.4 is 5.73 Å². The van der Waals surface area contributed by atoms with E-state index in [0.717, 1.165) is 17.1 Å². The van der Waals surface area contributed by atoms with Gasteiger partial charge in [0, 0.05) is 17.2 Å². The van der Waals surface area contributed by atoms with Gasteiger partial charge in [0.2, 0.25) is 0 Å². The van der Waals surface area contributed by atoms with Crippen molar-refractivity contribution in [2.24, 2.45) is 5.41 Å². The third kappa shape index (κ3) is 3.07. The van der Waals surface area contributed by atoms with Gasteiger partial charge in [0.15, 0.2) is 0 Å². The summed E-state index contributed by atoms with van der Waals surface area (Å²) in [7, 11) is 0. The summed E-state index contributed by atoms with van der Waals surface area (Å²) >= 11 is 0. The molecule has 0 bridgehead atoms. The summed E-state index contributed by atoms with van der Waals surface area (Å²) in [6, 6.07) is 0. The maximum atomic E-state index is 6.13. The molecule has 0 spiro atoms. The van der Waals surface area contributed by atoms with Crippen LogP contribution in [0.1, 0.15) is 82.3 Å². The average Bonchev–Trinajstić information content (AvgIpc) is 2.27. The molecule has 0 atom stereocenters. The Morgan fingerprint density at radius 3 is 2.21 bits per heavy atom. The lowest BCUT2D eigenvalue weighted by atomic mass is 9.73. The number of nitrogens with zero attached hydrogens (tertiary/aromatic N) is 2. The number of rotatable bonds is 2. The van der Waals surface area contributed by atoms with Crippen LogP contribution in [-0.4, -0.2) is 9.97 Å². The van der Waals surface area contributed by atoms with Gasteiger partial charge in [-0.25, -0.2) is 9.97 Å². The quantitative estimate of drug-likeness (QED) is 0.869. The van der Waals surface area contributed by atoms with Crippen LogP contribution >= 0.6 is 0 Å². The van der Waals surface area contributed by atoms with Crippen molar-refractivity contribution in [3.63, 3.8) is 0 Å². The first kappa shape index (κ1) is 14.3.